The molecule has 0 fully saturated rings. The zero-order valence-corrected chi connectivity index (χ0v) is 12.5. The van der Waals surface area contributed by atoms with Crippen molar-refractivity contribution >= 4 is 20.8 Å². The molecule has 3 aromatic rings. The average molecular weight is 316 g/mol. The fraction of sp³-hybridized carbons (Fsp3) is 0.0625. The maximum absolute atomic E-state index is 12.6. The van der Waals surface area contributed by atoms with Crippen LogP contribution in [0.5, 0.6) is 5.75 Å². The number of ether oxygens (including phenoxy) is 1. The highest BCUT2D eigenvalue weighted by Gasteiger charge is 2.23. The Morgan fingerprint density at radius 2 is 1.73 bits per heavy atom. The first-order valence-corrected chi connectivity index (χ1v) is 7.93. The van der Waals surface area contributed by atoms with Gasteiger partial charge in [0.15, 0.2) is 4.90 Å². The number of benzene rings is 2. The molecular formula is C16H12O5S. The van der Waals surface area contributed by atoms with Crippen molar-refractivity contribution < 1.29 is 17.6 Å². The molecule has 0 aliphatic heterocycles. The minimum atomic E-state index is -3.93. The first-order chi connectivity index (χ1) is 10.5. The summed E-state index contributed by atoms with van der Waals surface area (Å²) in [5.41, 5.74) is -0.584. The maximum Gasteiger partial charge on any atom is 0.355 e. The van der Waals surface area contributed by atoms with Crippen LogP contribution in [-0.2, 0) is 9.84 Å². The van der Waals surface area contributed by atoms with Gasteiger partial charge in [0.25, 0.3) is 0 Å². The van der Waals surface area contributed by atoms with Gasteiger partial charge < -0.3 is 9.15 Å². The monoisotopic (exact) mass is 316 g/mol. The molecule has 5 nitrogen and oxygen atoms in total. The molecule has 22 heavy (non-hydrogen) atoms. The van der Waals surface area contributed by atoms with Gasteiger partial charge in [-0.3, -0.25) is 0 Å². The van der Waals surface area contributed by atoms with E-state index in [1.807, 2.05) is 0 Å². The number of fused-ring (bicyclic) bond motifs is 1. The quantitative estimate of drug-likeness (QED) is 0.694. The molecule has 0 aliphatic rings. The molecule has 112 valence electrons. The van der Waals surface area contributed by atoms with Crippen LogP contribution >= 0.6 is 0 Å². The maximum atomic E-state index is 12.6. The number of rotatable bonds is 3. The normalized spacial score (nSPS) is 11.5. The molecule has 1 aromatic heterocycles. The van der Waals surface area contributed by atoms with Crippen molar-refractivity contribution in [2.75, 3.05) is 7.11 Å². The Kier molecular flexibility index (Phi) is 3.46. The van der Waals surface area contributed by atoms with Crippen molar-refractivity contribution in [1.29, 1.82) is 0 Å². The van der Waals surface area contributed by atoms with Crippen molar-refractivity contribution in [3.63, 3.8) is 0 Å². The summed E-state index contributed by atoms with van der Waals surface area (Å²) >= 11 is 0. The lowest BCUT2D eigenvalue weighted by atomic mass is 10.2. The van der Waals surface area contributed by atoms with E-state index in [2.05, 4.69) is 0 Å². The Hall–Kier alpha value is -2.60. The molecule has 0 radical (unpaired) electrons. The van der Waals surface area contributed by atoms with E-state index >= 15 is 0 Å². The molecule has 0 atom stereocenters. The van der Waals surface area contributed by atoms with E-state index in [-0.39, 0.29) is 9.79 Å². The zero-order chi connectivity index (χ0) is 15.7. The van der Waals surface area contributed by atoms with Crippen LogP contribution in [0.4, 0.5) is 0 Å². The highest BCUT2D eigenvalue weighted by atomic mass is 32.2. The average Bonchev–Trinajstić information content (AvgIpc) is 2.54. The van der Waals surface area contributed by atoms with Gasteiger partial charge in [-0.25, -0.2) is 13.2 Å². The topological polar surface area (TPSA) is 73.6 Å². The predicted molar refractivity (Wildman–Crippen MR) is 80.9 cm³/mol. The first-order valence-electron chi connectivity index (χ1n) is 6.44. The van der Waals surface area contributed by atoms with Crippen LogP contribution < -0.4 is 10.4 Å². The summed E-state index contributed by atoms with van der Waals surface area (Å²) in [4.78, 5) is 11.7. The molecule has 0 aliphatic carbocycles. The highest BCUT2D eigenvalue weighted by molar-refractivity contribution is 7.91. The largest absolute Gasteiger partial charge is 0.497 e. The highest BCUT2D eigenvalue weighted by Crippen LogP contribution is 2.24. The van der Waals surface area contributed by atoms with E-state index in [0.29, 0.717) is 16.7 Å². The van der Waals surface area contributed by atoms with Crippen molar-refractivity contribution in [2.45, 2.75) is 9.79 Å². The third-order valence-electron chi connectivity index (χ3n) is 3.25. The van der Waals surface area contributed by atoms with Crippen LogP contribution in [0.15, 0.2) is 73.6 Å². The van der Waals surface area contributed by atoms with Gasteiger partial charge >= 0.3 is 5.63 Å². The summed E-state index contributed by atoms with van der Waals surface area (Å²) in [6.07, 6.45) is 0. The van der Waals surface area contributed by atoms with Crippen molar-refractivity contribution in [2.24, 2.45) is 0 Å². The van der Waals surface area contributed by atoms with Gasteiger partial charge in [0.05, 0.1) is 12.0 Å². The van der Waals surface area contributed by atoms with Crippen molar-refractivity contribution in [3.8, 4) is 5.75 Å². The van der Waals surface area contributed by atoms with E-state index in [1.54, 1.807) is 36.4 Å². The van der Waals surface area contributed by atoms with Crippen LogP contribution in [0.25, 0.3) is 11.0 Å². The van der Waals surface area contributed by atoms with Gasteiger partial charge in [-0.1, -0.05) is 18.2 Å². The van der Waals surface area contributed by atoms with E-state index < -0.39 is 15.5 Å². The summed E-state index contributed by atoms with van der Waals surface area (Å²) in [6, 6.07) is 13.9. The predicted octanol–water partition coefficient (Wildman–Crippen LogP) is 2.63. The molecule has 3 rings (SSSR count). The first kappa shape index (κ1) is 14.3. The summed E-state index contributed by atoms with van der Waals surface area (Å²) < 4.78 is 35.3. The molecule has 0 N–H and O–H groups in total. The molecule has 2 aromatic carbocycles. The third kappa shape index (κ3) is 2.37. The Balaban J connectivity index is 2.27. The lowest BCUT2D eigenvalue weighted by Crippen LogP contribution is -2.14. The summed E-state index contributed by atoms with van der Waals surface area (Å²) in [6.45, 7) is 0. The molecule has 6 heteroatoms. The van der Waals surface area contributed by atoms with Gasteiger partial charge in [0.2, 0.25) is 9.84 Å². The minimum absolute atomic E-state index is 0.0459. The third-order valence-corrected chi connectivity index (χ3v) is 5.01. The standard InChI is InChI=1S/C16H12O5S/c1-20-12-7-8-14-11(9-12)10-15(16(17)21-14)22(18,19)13-5-3-2-4-6-13/h2-10H,1H3. The summed E-state index contributed by atoms with van der Waals surface area (Å²) in [7, 11) is -2.43. The Morgan fingerprint density at radius 3 is 2.41 bits per heavy atom. The second-order valence-electron chi connectivity index (χ2n) is 4.62. The Labute approximate surface area is 126 Å². The number of sulfone groups is 1. The van der Waals surface area contributed by atoms with Crippen LogP contribution in [0, 0.1) is 0 Å². The van der Waals surface area contributed by atoms with E-state index in [0.717, 1.165) is 0 Å². The fourth-order valence-electron chi connectivity index (χ4n) is 2.12. The number of hydrogen-bond acceptors (Lipinski definition) is 5. The van der Waals surface area contributed by atoms with E-state index in [1.165, 1.54) is 25.3 Å². The fourth-order valence-corrected chi connectivity index (χ4v) is 3.44. The van der Waals surface area contributed by atoms with Gasteiger partial charge in [-0.2, -0.15) is 0 Å². The molecule has 0 unspecified atom stereocenters. The smallest absolute Gasteiger partial charge is 0.355 e. The molecule has 0 saturated heterocycles. The molecule has 1 heterocycles. The second-order valence-corrected chi connectivity index (χ2v) is 6.54. The zero-order valence-electron chi connectivity index (χ0n) is 11.6. The Morgan fingerprint density at radius 1 is 1.00 bits per heavy atom. The van der Waals surface area contributed by atoms with Gasteiger partial charge in [0.1, 0.15) is 11.3 Å². The minimum Gasteiger partial charge on any atom is -0.497 e. The van der Waals surface area contributed by atoms with Crippen LogP contribution in [0.1, 0.15) is 0 Å². The summed E-state index contributed by atoms with van der Waals surface area (Å²) in [5, 5.41) is 0.480. The van der Waals surface area contributed by atoms with E-state index in [4.69, 9.17) is 9.15 Å². The van der Waals surface area contributed by atoms with Crippen molar-refractivity contribution in [1.82, 2.24) is 0 Å². The number of methoxy groups -OCH3 is 1. The molecule has 0 bridgehead atoms. The molecular weight excluding hydrogens is 304 g/mol. The summed E-state index contributed by atoms with van der Waals surface area (Å²) in [5.74, 6) is 0.546. The van der Waals surface area contributed by atoms with Gasteiger partial charge in [-0.15, -0.1) is 0 Å². The van der Waals surface area contributed by atoms with Crippen LogP contribution in [0.2, 0.25) is 0 Å². The second kappa shape index (κ2) is 5.31. The Bertz CT molecular complexity index is 988. The van der Waals surface area contributed by atoms with Gasteiger partial charge in [-0.05, 0) is 36.4 Å². The molecule has 0 spiro atoms. The van der Waals surface area contributed by atoms with E-state index in [9.17, 15) is 13.2 Å². The van der Waals surface area contributed by atoms with Crippen LogP contribution in [0.3, 0.4) is 0 Å². The molecule has 0 amide bonds. The van der Waals surface area contributed by atoms with Crippen molar-refractivity contribution in [3.05, 3.63) is 65.0 Å². The lowest BCUT2D eigenvalue weighted by Gasteiger charge is -2.05. The lowest BCUT2D eigenvalue weighted by molar-refractivity contribution is 0.415. The van der Waals surface area contributed by atoms with Gasteiger partial charge in [0, 0.05) is 5.39 Å². The van der Waals surface area contributed by atoms with Crippen LogP contribution in [-0.4, -0.2) is 15.5 Å². The SMILES string of the molecule is COc1ccc2oc(=O)c(S(=O)(=O)c3ccccc3)cc2c1. The molecule has 0 saturated carbocycles. The number of hydrogen-bond donors (Lipinski definition) is 0.